The summed E-state index contributed by atoms with van der Waals surface area (Å²) in [5, 5.41) is 3.44. The largest absolute Gasteiger partial charge is 0.496 e. The Morgan fingerprint density at radius 2 is 1.52 bits per heavy atom. The van der Waals surface area contributed by atoms with Gasteiger partial charge in [0.15, 0.2) is 0 Å². The predicted molar refractivity (Wildman–Crippen MR) is 89.9 cm³/mol. The fraction of sp³-hybridized carbons (Fsp3) is 0.368. The highest BCUT2D eigenvalue weighted by molar-refractivity contribution is 5.67. The van der Waals surface area contributed by atoms with Gasteiger partial charge in [-0.3, -0.25) is 0 Å². The standard InChI is InChI=1S/C19H25NO/c1-13(2)20-12-16-6-8-17(9-7-16)18-10-14(3)19(21-5)15(4)11-18/h6-11,13,20H,12H2,1-5H3. The third-order valence-electron chi connectivity index (χ3n) is 3.67. The molecule has 0 aliphatic carbocycles. The molecule has 112 valence electrons. The highest BCUT2D eigenvalue weighted by atomic mass is 16.5. The minimum absolute atomic E-state index is 0.511. The molecule has 2 heteroatoms. The van der Waals surface area contributed by atoms with Crippen molar-refractivity contribution in [2.24, 2.45) is 0 Å². The summed E-state index contributed by atoms with van der Waals surface area (Å²) < 4.78 is 5.43. The van der Waals surface area contributed by atoms with Gasteiger partial charge in [0.25, 0.3) is 0 Å². The van der Waals surface area contributed by atoms with Gasteiger partial charge in [-0.05, 0) is 53.8 Å². The maximum absolute atomic E-state index is 5.43. The van der Waals surface area contributed by atoms with Gasteiger partial charge >= 0.3 is 0 Å². The van der Waals surface area contributed by atoms with Crippen molar-refractivity contribution in [3.8, 4) is 16.9 Å². The van der Waals surface area contributed by atoms with Gasteiger partial charge in [0.1, 0.15) is 5.75 Å². The van der Waals surface area contributed by atoms with E-state index in [4.69, 9.17) is 4.74 Å². The zero-order chi connectivity index (χ0) is 15.4. The second-order valence-electron chi connectivity index (χ2n) is 5.88. The van der Waals surface area contributed by atoms with Crippen LogP contribution in [0.15, 0.2) is 36.4 Å². The number of rotatable bonds is 5. The van der Waals surface area contributed by atoms with Crippen LogP contribution in [-0.2, 0) is 6.54 Å². The Morgan fingerprint density at radius 3 is 2.00 bits per heavy atom. The summed E-state index contributed by atoms with van der Waals surface area (Å²) in [5.74, 6) is 0.983. The number of benzene rings is 2. The van der Waals surface area contributed by atoms with Gasteiger partial charge in [0, 0.05) is 12.6 Å². The molecule has 0 atom stereocenters. The fourth-order valence-electron chi connectivity index (χ4n) is 2.58. The number of nitrogens with one attached hydrogen (secondary N) is 1. The summed E-state index contributed by atoms with van der Waals surface area (Å²) in [7, 11) is 1.73. The molecule has 0 saturated heterocycles. The molecule has 0 heterocycles. The Kier molecular flexibility index (Phi) is 5.03. The molecule has 0 aliphatic heterocycles. The average Bonchev–Trinajstić information content (AvgIpc) is 2.45. The Balaban J connectivity index is 2.23. The van der Waals surface area contributed by atoms with Gasteiger partial charge in [-0.15, -0.1) is 0 Å². The zero-order valence-electron chi connectivity index (χ0n) is 13.7. The molecular weight excluding hydrogens is 258 g/mol. The minimum atomic E-state index is 0.511. The Labute approximate surface area is 128 Å². The van der Waals surface area contributed by atoms with E-state index in [1.54, 1.807) is 7.11 Å². The summed E-state index contributed by atoms with van der Waals surface area (Å²) in [6.07, 6.45) is 0. The van der Waals surface area contributed by atoms with Crippen molar-refractivity contribution in [2.75, 3.05) is 7.11 Å². The third-order valence-corrected chi connectivity index (χ3v) is 3.67. The Bertz CT molecular complexity index is 576. The molecule has 0 fully saturated rings. The van der Waals surface area contributed by atoms with E-state index < -0.39 is 0 Å². The molecular formula is C19H25NO. The van der Waals surface area contributed by atoms with Crippen LogP contribution < -0.4 is 10.1 Å². The number of methoxy groups -OCH3 is 1. The molecule has 2 nitrogen and oxygen atoms in total. The first-order chi connectivity index (χ1) is 10.0. The highest BCUT2D eigenvalue weighted by Crippen LogP contribution is 2.30. The first kappa shape index (κ1) is 15.6. The summed E-state index contributed by atoms with van der Waals surface area (Å²) in [4.78, 5) is 0. The second-order valence-corrected chi connectivity index (χ2v) is 5.88. The van der Waals surface area contributed by atoms with E-state index in [2.05, 4.69) is 69.4 Å². The molecule has 2 rings (SSSR count). The lowest BCUT2D eigenvalue weighted by atomic mass is 9.99. The zero-order valence-corrected chi connectivity index (χ0v) is 13.7. The predicted octanol–water partition coefficient (Wildman–Crippen LogP) is 4.48. The van der Waals surface area contributed by atoms with Crippen LogP contribution >= 0.6 is 0 Å². The second kappa shape index (κ2) is 6.77. The van der Waals surface area contributed by atoms with Gasteiger partial charge < -0.3 is 10.1 Å². The summed E-state index contributed by atoms with van der Waals surface area (Å²) in [5.41, 5.74) is 6.16. The van der Waals surface area contributed by atoms with Crippen LogP contribution in [0, 0.1) is 13.8 Å². The van der Waals surface area contributed by atoms with Crippen molar-refractivity contribution in [1.82, 2.24) is 5.32 Å². The van der Waals surface area contributed by atoms with E-state index in [-0.39, 0.29) is 0 Å². The van der Waals surface area contributed by atoms with Crippen molar-refractivity contribution < 1.29 is 4.74 Å². The van der Waals surface area contributed by atoms with Crippen LogP contribution in [0.2, 0.25) is 0 Å². The van der Waals surface area contributed by atoms with Crippen molar-refractivity contribution >= 4 is 0 Å². The van der Waals surface area contributed by atoms with Gasteiger partial charge in [0.05, 0.1) is 7.11 Å². The summed E-state index contributed by atoms with van der Waals surface area (Å²) in [6.45, 7) is 9.43. The van der Waals surface area contributed by atoms with E-state index in [1.807, 2.05) is 0 Å². The molecule has 0 amide bonds. The molecule has 21 heavy (non-hydrogen) atoms. The molecule has 0 spiro atoms. The first-order valence-electron chi connectivity index (χ1n) is 7.49. The number of hydrogen-bond acceptors (Lipinski definition) is 2. The van der Waals surface area contributed by atoms with Crippen LogP contribution in [0.25, 0.3) is 11.1 Å². The maximum Gasteiger partial charge on any atom is 0.124 e. The average molecular weight is 283 g/mol. The molecule has 2 aromatic rings. The first-order valence-corrected chi connectivity index (χ1v) is 7.49. The molecule has 2 aromatic carbocycles. The van der Waals surface area contributed by atoms with Gasteiger partial charge in [-0.2, -0.15) is 0 Å². The Hall–Kier alpha value is -1.80. The smallest absolute Gasteiger partial charge is 0.124 e. The minimum Gasteiger partial charge on any atom is -0.496 e. The van der Waals surface area contributed by atoms with E-state index >= 15 is 0 Å². The molecule has 0 bridgehead atoms. The Morgan fingerprint density at radius 1 is 0.952 bits per heavy atom. The van der Waals surface area contributed by atoms with E-state index in [1.165, 1.54) is 27.8 Å². The maximum atomic E-state index is 5.43. The van der Waals surface area contributed by atoms with E-state index in [0.717, 1.165) is 12.3 Å². The van der Waals surface area contributed by atoms with Crippen molar-refractivity contribution in [3.05, 3.63) is 53.1 Å². The lowest BCUT2D eigenvalue weighted by molar-refractivity contribution is 0.408. The van der Waals surface area contributed by atoms with Crippen molar-refractivity contribution in [1.29, 1.82) is 0 Å². The topological polar surface area (TPSA) is 21.3 Å². The van der Waals surface area contributed by atoms with Crippen LogP contribution in [0.3, 0.4) is 0 Å². The third kappa shape index (κ3) is 3.85. The van der Waals surface area contributed by atoms with Crippen LogP contribution in [0.4, 0.5) is 0 Å². The summed E-state index contributed by atoms with van der Waals surface area (Å²) in [6, 6.07) is 13.7. The van der Waals surface area contributed by atoms with Crippen molar-refractivity contribution in [3.63, 3.8) is 0 Å². The SMILES string of the molecule is COc1c(C)cc(-c2ccc(CNC(C)C)cc2)cc1C. The molecule has 0 aliphatic rings. The van der Waals surface area contributed by atoms with Crippen molar-refractivity contribution in [2.45, 2.75) is 40.3 Å². The monoisotopic (exact) mass is 283 g/mol. The van der Waals surface area contributed by atoms with Crippen LogP contribution in [0.5, 0.6) is 5.75 Å². The summed E-state index contributed by atoms with van der Waals surface area (Å²) >= 11 is 0. The van der Waals surface area contributed by atoms with Crippen LogP contribution in [0.1, 0.15) is 30.5 Å². The normalized spacial score (nSPS) is 11.0. The molecule has 0 aromatic heterocycles. The number of hydrogen-bond donors (Lipinski definition) is 1. The quantitative estimate of drug-likeness (QED) is 0.873. The molecule has 0 unspecified atom stereocenters. The highest BCUT2D eigenvalue weighted by Gasteiger charge is 2.07. The van der Waals surface area contributed by atoms with Gasteiger partial charge in [0.2, 0.25) is 0 Å². The molecule has 0 radical (unpaired) electrons. The number of aryl methyl sites for hydroxylation is 2. The lowest BCUT2D eigenvalue weighted by Gasteiger charge is -2.12. The molecule has 0 saturated carbocycles. The lowest BCUT2D eigenvalue weighted by Crippen LogP contribution is -2.21. The fourth-order valence-corrected chi connectivity index (χ4v) is 2.58. The number of ether oxygens (including phenoxy) is 1. The molecule has 1 N–H and O–H groups in total. The van der Waals surface area contributed by atoms with Gasteiger partial charge in [-0.25, -0.2) is 0 Å². The van der Waals surface area contributed by atoms with Gasteiger partial charge in [-0.1, -0.05) is 38.1 Å². The van der Waals surface area contributed by atoms with E-state index in [0.29, 0.717) is 6.04 Å². The van der Waals surface area contributed by atoms with Crippen LogP contribution in [-0.4, -0.2) is 13.2 Å². The van der Waals surface area contributed by atoms with E-state index in [9.17, 15) is 0 Å².